The molecule has 0 saturated carbocycles. The number of aromatic nitrogens is 4. The van der Waals surface area contributed by atoms with E-state index in [1.54, 1.807) is 23.5 Å². The van der Waals surface area contributed by atoms with E-state index in [4.69, 9.17) is 4.74 Å². The summed E-state index contributed by atoms with van der Waals surface area (Å²) in [5, 5.41) is 6.15. The van der Waals surface area contributed by atoms with Gasteiger partial charge in [-0.3, -0.25) is 14.0 Å². The van der Waals surface area contributed by atoms with Crippen LogP contribution < -0.4 is 10.6 Å². The molecule has 3 aromatic heterocycles. The zero-order valence-corrected chi connectivity index (χ0v) is 18.2. The van der Waals surface area contributed by atoms with Crippen molar-refractivity contribution in [3.63, 3.8) is 0 Å². The molecule has 10 heteroatoms. The molecule has 10 nitrogen and oxygen atoms in total. The molecule has 34 heavy (non-hydrogen) atoms. The van der Waals surface area contributed by atoms with Crippen LogP contribution in [-0.4, -0.2) is 62.4 Å². The number of nitrogens with one attached hydrogen (secondary N) is 2. The van der Waals surface area contributed by atoms with Crippen LogP contribution in [0.1, 0.15) is 26.5 Å². The SMILES string of the molecule is O=C1NCc2cc(-c3ccc(Nc4cnc(C(=O)N5CCOCC5)nc4)c4nccn34)ccc21. The normalized spacial score (nSPS) is 15.3. The first kappa shape index (κ1) is 20.3. The number of hydrogen-bond donors (Lipinski definition) is 2. The molecule has 2 aliphatic heterocycles. The predicted octanol–water partition coefficient (Wildman–Crippen LogP) is 2.25. The second-order valence-electron chi connectivity index (χ2n) is 8.13. The average Bonchev–Trinajstić information content (AvgIpc) is 3.52. The number of imidazole rings is 1. The van der Waals surface area contributed by atoms with Gasteiger partial charge in [-0.1, -0.05) is 6.07 Å². The summed E-state index contributed by atoms with van der Waals surface area (Å²) in [7, 11) is 0. The third kappa shape index (κ3) is 3.54. The summed E-state index contributed by atoms with van der Waals surface area (Å²) in [4.78, 5) is 39.2. The highest BCUT2D eigenvalue weighted by atomic mass is 16.5. The lowest BCUT2D eigenvalue weighted by molar-refractivity contribution is 0.0295. The maximum absolute atomic E-state index is 12.6. The number of nitrogens with zero attached hydrogens (tertiary/aromatic N) is 5. The summed E-state index contributed by atoms with van der Waals surface area (Å²) in [5.74, 6) is -0.0619. The van der Waals surface area contributed by atoms with Crippen molar-refractivity contribution in [3.8, 4) is 11.3 Å². The molecule has 0 atom stereocenters. The van der Waals surface area contributed by atoms with E-state index in [2.05, 4.69) is 25.6 Å². The summed E-state index contributed by atoms with van der Waals surface area (Å²) >= 11 is 0. The van der Waals surface area contributed by atoms with Crippen LogP contribution in [0.3, 0.4) is 0 Å². The molecule has 2 N–H and O–H groups in total. The molecule has 0 spiro atoms. The summed E-state index contributed by atoms with van der Waals surface area (Å²) in [6.45, 7) is 2.69. The number of benzene rings is 1. The van der Waals surface area contributed by atoms with E-state index in [9.17, 15) is 9.59 Å². The standard InChI is InChI=1S/C24H21N7O3/c32-23-18-2-1-15(11-16(18)12-28-23)20-4-3-19(22-25-5-6-31(20)22)29-17-13-26-21(27-14-17)24(33)30-7-9-34-10-8-30/h1-6,11,13-14,29H,7-10,12H2,(H,28,32). The highest BCUT2D eigenvalue weighted by molar-refractivity contribution is 5.99. The molecule has 170 valence electrons. The number of ether oxygens (including phenoxy) is 1. The molecule has 6 rings (SSSR count). The van der Waals surface area contributed by atoms with Crippen LogP contribution in [-0.2, 0) is 11.3 Å². The number of rotatable bonds is 4. The van der Waals surface area contributed by atoms with Gasteiger partial charge in [0.05, 0.1) is 42.7 Å². The molecule has 1 fully saturated rings. The molecular formula is C24H21N7O3. The number of anilines is 2. The van der Waals surface area contributed by atoms with Crippen molar-refractivity contribution in [2.45, 2.75) is 6.54 Å². The zero-order valence-electron chi connectivity index (χ0n) is 18.2. The number of amides is 2. The van der Waals surface area contributed by atoms with E-state index in [0.717, 1.165) is 33.7 Å². The summed E-state index contributed by atoms with van der Waals surface area (Å²) in [6, 6.07) is 9.79. The maximum Gasteiger partial charge on any atom is 0.291 e. The number of hydrogen-bond acceptors (Lipinski definition) is 7. The fraction of sp³-hybridized carbons (Fsp3) is 0.208. The number of morpholine rings is 1. The van der Waals surface area contributed by atoms with Gasteiger partial charge in [0.15, 0.2) is 5.65 Å². The molecule has 2 amide bonds. The van der Waals surface area contributed by atoms with Gasteiger partial charge in [0.1, 0.15) is 0 Å². The number of carbonyl (C=O) groups is 2. The van der Waals surface area contributed by atoms with E-state index in [1.807, 2.05) is 40.9 Å². The zero-order chi connectivity index (χ0) is 23.1. The Morgan fingerprint density at radius 1 is 1.06 bits per heavy atom. The Bertz CT molecular complexity index is 1410. The highest BCUT2D eigenvalue weighted by Gasteiger charge is 2.21. The lowest BCUT2D eigenvalue weighted by Gasteiger charge is -2.26. The topological polar surface area (TPSA) is 114 Å². The van der Waals surface area contributed by atoms with E-state index in [-0.39, 0.29) is 17.6 Å². The third-order valence-electron chi connectivity index (χ3n) is 6.05. The Morgan fingerprint density at radius 2 is 1.88 bits per heavy atom. The smallest absolute Gasteiger partial charge is 0.291 e. The second-order valence-corrected chi connectivity index (χ2v) is 8.13. The first-order valence-corrected chi connectivity index (χ1v) is 11.0. The molecule has 1 aromatic carbocycles. The van der Waals surface area contributed by atoms with E-state index in [0.29, 0.717) is 38.5 Å². The van der Waals surface area contributed by atoms with Crippen molar-refractivity contribution >= 4 is 28.8 Å². The van der Waals surface area contributed by atoms with Crippen LogP contribution in [0.15, 0.2) is 55.1 Å². The largest absolute Gasteiger partial charge is 0.378 e. The number of fused-ring (bicyclic) bond motifs is 2. The summed E-state index contributed by atoms with van der Waals surface area (Å²) in [6.07, 6.45) is 6.83. The van der Waals surface area contributed by atoms with Crippen LogP contribution in [0.25, 0.3) is 16.9 Å². The maximum atomic E-state index is 12.6. The van der Waals surface area contributed by atoms with E-state index in [1.165, 1.54) is 0 Å². The van der Waals surface area contributed by atoms with Crippen LogP contribution in [0.4, 0.5) is 11.4 Å². The fourth-order valence-electron chi connectivity index (χ4n) is 4.31. The van der Waals surface area contributed by atoms with Crippen molar-refractivity contribution < 1.29 is 14.3 Å². The van der Waals surface area contributed by atoms with Gasteiger partial charge in [0.2, 0.25) is 5.82 Å². The van der Waals surface area contributed by atoms with Gasteiger partial charge in [-0.15, -0.1) is 0 Å². The lowest BCUT2D eigenvalue weighted by Crippen LogP contribution is -2.41. The molecule has 4 aromatic rings. The molecule has 2 aliphatic rings. The fourth-order valence-corrected chi connectivity index (χ4v) is 4.31. The van der Waals surface area contributed by atoms with E-state index < -0.39 is 0 Å². The third-order valence-corrected chi connectivity index (χ3v) is 6.05. The van der Waals surface area contributed by atoms with Gasteiger partial charge in [-0.25, -0.2) is 15.0 Å². The van der Waals surface area contributed by atoms with Gasteiger partial charge in [0, 0.05) is 37.6 Å². The first-order valence-electron chi connectivity index (χ1n) is 11.0. The Balaban J connectivity index is 1.26. The van der Waals surface area contributed by atoms with Crippen molar-refractivity contribution in [3.05, 3.63) is 72.1 Å². The van der Waals surface area contributed by atoms with Crippen LogP contribution >= 0.6 is 0 Å². The van der Waals surface area contributed by atoms with Crippen molar-refractivity contribution in [2.75, 3.05) is 31.6 Å². The monoisotopic (exact) mass is 455 g/mol. The average molecular weight is 455 g/mol. The lowest BCUT2D eigenvalue weighted by atomic mass is 10.0. The minimum Gasteiger partial charge on any atom is -0.378 e. The van der Waals surface area contributed by atoms with Crippen LogP contribution in [0.2, 0.25) is 0 Å². The second kappa shape index (κ2) is 8.23. The minimum absolute atomic E-state index is 0.0336. The molecule has 0 aliphatic carbocycles. The van der Waals surface area contributed by atoms with Gasteiger partial charge in [-0.05, 0) is 35.4 Å². The van der Waals surface area contributed by atoms with Crippen LogP contribution in [0.5, 0.6) is 0 Å². The highest BCUT2D eigenvalue weighted by Crippen LogP contribution is 2.29. The van der Waals surface area contributed by atoms with Gasteiger partial charge in [-0.2, -0.15) is 0 Å². The van der Waals surface area contributed by atoms with Gasteiger partial charge < -0.3 is 20.3 Å². The molecule has 0 radical (unpaired) electrons. The molecule has 1 saturated heterocycles. The molecular weight excluding hydrogens is 434 g/mol. The Kier molecular flexibility index (Phi) is 4.92. The van der Waals surface area contributed by atoms with Crippen molar-refractivity contribution in [1.82, 2.24) is 29.6 Å². The summed E-state index contributed by atoms with van der Waals surface area (Å²) < 4.78 is 7.28. The van der Waals surface area contributed by atoms with Gasteiger partial charge >= 0.3 is 0 Å². The predicted molar refractivity (Wildman–Crippen MR) is 124 cm³/mol. The van der Waals surface area contributed by atoms with E-state index >= 15 is 0 Å². The summed E-state index contributed by atoms with van der Waals surface area (Å²) in [5.41, 5.74) is 5.84. The number of carbonyl (C=O) groups excluding carboxylic acids is 2. The van der Waals surface area contributed by atoms with Gasteiger partial charge in [0.25, 0.3) is 11.8 Å². The molecule has 0 unspecified atom stereocenters. The van der Waals surface area contributed by atoms with Crippen LogP contribution in [0, 0.1) is 0 Å². The quantitative estimate of drug-likeness (QED) is 0.485. The Hall–Kier alpha value is -4.31. The molecule has 5 heterocycles. The molecule has 0 bridgehead atoms. The number of pyridine rings is 1. The van der Waals surface area contributed by atoms with Crippen molar-refractivity contribution in [2.24, 2.45) is 0 Å². The minimum atomic E-state index is -0.193. The Morgan fingerprint density at radius 3 is 2.71 bits per heavy atom. The first-order chi connectivity index (χ1) is 16.7. The Labute approximate surface area is 194 Å². The van der Waals surface area contributed by atoms with Crippen molar-refractivity contribution in [1.29, 1.82) is 0 Å².